The standard InChI is InChI=1S/C14H17NOS/c16-13(10-6-2-1-3-7-10)14-15-11-8-4-5-9-12(11)17-14/h4-5,8-10,13,16H,1-3,6-7H2. The molecule has 1 heterocycles. The van der Waals surface area contributed by atoms with Crippen LogP contribution in [0.4, 0.5) is 0 Å². The lowest BCUT2D eigenvalue weighted by atomic mass is 9.85. The molecule has 1 unspecified atom stereocenters. The Hall–Kier alpha value is -0.930. The number of aliphatic hydroxyl groups is 1. The van der Waals surface area contributed by atoms with Crippen molar-refractivity contribution in [3.63, 3.8) is 0 Å². The normalized spacial score (nSPS) is 19.6. The van der Waals surface area contributed by atoms with E-state index in [0.717, 1.165) is 23.4 Å². The molecule has 2 nitrogen and oxygen atoms in total. The first-order valence-corrected chi connectivity index (χ1v) is 7.20. The number of aromatic nitrogens is 1. The van der Waals surface area contributed by atoms with Gasteiger partial charge in [-0.25, -0.2) is 4.98 Å². The summed E-state index contributed by atoms with van der Waals surface area (Å²) in [6.07, 6.45) is 5.78. The summed E-state index contributed by atoms with van der Waals surface area (Å²) in [4.78, 5) is 4.56. The second-order valence-corrected chi connectivity index (χ2v) is 5.92. The molecular formula is C14H17NOS. The van der Waals surface area contributed by atoms with E-state index in [-0.39, 0.29) is 6.10 Å². The second kappa shape index (κ2) is 4.75. The summed E-state index contributed by atoms with van der Waals surface area (Å²) in [5, 5.41) is 11.3. The molecule has 1 N–H and O–H groups in total. The lowest BCUT2D eigenvalue weighted by Gasteiger charge is -2.25. The van der Waals surface area contributed by atoms with Gasteiger partial charge in [0, 0.05) is 0 Å². The van der Waals surface area contributed by atoms with Crippen LogP contribution >= 0.6 is 11.3 Å². The van der Waals surface area contributed by atoms with Gasteiger partial charge in [0.2, 0.25) is 0 Å². The first-order valence-electron chi connectivity index (χ1n) is 6.38. The molecule has 1 atom stereocenters. The minimum Gasteiger partial charge on any atom is -0.386 e. The van der Waals surface area contributed by atoms with Gasteiger partial charge in [0.05, 0.1) is 10.2 Å². The Labute approximate surface area is 105 Å². The molecule has 3 rings (SSSR count). The van der Waals surface area contributed by atoms with E-state index >= 15 is 0 Å². The highest BCUT2D eigenvalue weighted by atomic mass is 32.1. The van der Waals surface area contributed by atoms with E-state index < -0.39 is 0 Å². The van der Waals surface area contributed by atoms with Gasteiger partial charge in [-0.15, -0.1) is 11.3 Å². The van der Waals surface area contributed by atoms with Gasteiger partial charge in [-0.2, -0.15) is 0 Å². The Morgan fingerprint density at radius 1 is 1.18 bits per heavy atom. The molecular weight excluding hydrogens is 230 g/mol. The molecule has 0 spiro atoms. The third kappa shape index (κ3) is 2.22. The van der Waals surface area contributed by atoms with Crippen molar-refractivity contribution >= 4 is 21.6 Å². The highest BCUT2D eigenvalue weighted by Crippen LogP contribution is 2.37. The summed E-state index contributed by atoms with van der Waals surface area (Å²) in [5.74, 6) is 0.421. The van der Waals surface area contributed by atoms with E-state index in [1.165, 1.54) is 24.0 Å². The number of rotatable bonds is 2. The number of benzene rings is 1. The number of hydrogen-bond acceptors (Lipinski definition) is 3. The summed E-state index contributed by atoms with van der Waals surface area (Å²) in [5.41, 5.74) is 1.02. The van der Waals surface area contributed by atoms with Crippen molar-refractivity contribution in [2.24, 2.45) is 5.92 Å². The Balaban J connectivity index is 1.86. The fourth-order valence-electron chi connectivity index (χ4n) is 2.67. The van der Waals surface area contributed by atoms with E-state index in [2.05, 4.69) is 11.1 Å². The van der Waals surface area contributed by atoms with Crippen LogP contribution in [0.3, 0.4) is 0 Å². The van der Waals surface area contributed by atoms with E-state index in [4.69, 9.17) is 0 Å². The van der Waals surface area contributed by atoms with E-state index in [9.17, 15) is 5.11 Å². The average Bonchev–Trinajstić information content (AvgIpc) is 2.82. The maximum absolute atomic E-state index is 10.4. The summed E-state index contributed by atoms with van der Waals surface area (Å²) in [7, 11) is 0. The monoisotopic (exact) mass is 247 g/mol. The molecule has 17 heavy (non-hydrogen) atoms. The second-order valence-electron chi connectivity index (χ2n) is 4.86. The van der Waals surface area contributed by atoms with Crippen LogP contribution < -0.4 is 0 Å². The van der Waals surface area contributed by atoms with Crippen LogP contribution in [0, 0.1) is 5.92 Å². The molecule has 0 saturated heterocycles. The van der Waals surface area contributed by atoms with Gasteiger partial charge in [-0.1, -0.05) is 31.4 Å². The zero-order valence-electron chi connectivity index (χ0n) is 9.80. The molecule has 1 fully saturated rings. The van der Waals surface area contributed by atoms with Gasteiger partial charge in [0.25, 0.3) is 0 Å². The molecule has 0 aliphatic heterocycles. The number of fused-ring (bicyclic) bond motifs is 1. The summed E-state index contributed by atoms with van der Waals surface area (Å²) in [6.45, 7) is 0. The number of para-hydroxylation sites is 1. The Bertz CT molecular complexity index is 469. The van der Waals surface area contributed by atoms with Gasteiger partial charge < -0.3 is 5.11 Å². The van der Waals surface area contributed by atoms with Crippen LogP contribution in [0.5, 0.6) is 0 Å². The average molecular weight is 247 g/mol. The molecule has 1 aliphatic carbocycles. The maximum Gasteiger partial charge on any atom is 0.123 e. The van der Waals surface area contributed by atoms with Crippen LogP contribution in [-0.2, 0) is 0 Å². The molecule has 1 aromatic heterocycles. The molecule has 1 aliphatic rings. The number of hydrogen-bond donors (Lipinski definition) is 1. The smallest absolute Gasteiger partial charge is 0.123 e. The van der Waals surface area contributed by atoms with Crippen molar-refractivity contribution in [2.45, 2.75) is 38.2 Å². The highest BCUT2D eigenvalue weighted by Gasteiger charge is 2.25. The quantitative estimate of drug-likeness (QED) is 0.872. The van der Waals surface area contributed by atoms with Gasteiger partial charge >= 0.3 is 0 Å². The summed E-state index contributed by atoms with van der Waals surface area (Å²) < 4.78 is 1.18. The fourth-order valence-corrected chi connectivity index (χ4v) is 3.72. The Morgan fingerprint density at radius 2 is 1.94 bits per heavy atom. The third-order valence-electron chi connectivity index (χ3n) is 3.66. The predicted molar refractivity (Wildman–Crippen MR) is 71.2 cm³/mol. The van der Waals surface area contributed by atoms with E-state index in [1.807, 2.05) is 18.2 Å². The lowest BCUT2D eigenvalue weighted by Crippen LogP contribution is -2.15. The van der Waals surface area contributed by atoms with Crippen LogP contribution in [0.1, 0.15) is 43.2 Å². The Kier molecular flexibility index (Phi) is 3.12. The number of nitrogens with zero attached hydrogens (tertiary/aromatic N) is 1. The van der Waals surface area contributed by atoms with Crippen LogP contribution in [0.2, 0.25) is 0 Å². The van der Waals surface area contributed by atoms with Crippen molar-refractivity contribution in [3.8, 4) is 0 Å². The highest BCUT2D eigenvalue weighted by molar-refractivity contribution is 7.18. The van der Waals surface area contributed by atoms with Crippen LogP contribution in [0.15, 0.2) is 24.3 Å². The minimum atomic E-state index is -0.354. The maximum atomic E-state index is 10.4. The minimum absolute atomic E-state index is 0.354. The fraction of sp³-hybridized carbons (Fsp3) is 0.500. The number of aliphatic hydroxyl groups excluding tert-OH is 1. The lowest BCUT2D eigenvalue weighted by molar-refractivity contribution is 0.0848. The van der Waals surface area contributed by atoms with Gasteiger partial charge in [-0.05, 0) is 30.9 Å². The molecule has 0 radical (unpaired) electrons. The Morgan fingerprint density at radius 3 is 2.71 bits per heavy atom. The SMILES string of the molecule is OC(c1nc2ccccc2s1)C1CCCCC1. The van der Waals surface area contributed by atoms with Crippen LogP contribution in [-0.4, -0.2) is 10.1 Å². The van der Waals surface area contributed by atoms with Crippen LogP contribution in [0.25, 0.3) is 10.2 Å². The third-order valence-corrected chi connectivity index (χ3v) is 4.77. The van der Waals surface area contributed by atoms with Gasteiger partial charge in [0.15, 0.2) is 0 Å². The molecule has 2 aromatic rings. The van der Waals surface area contributed by atoms with Gasteiger partial charge in [-0.3, -0.25) is 0 Å². The molecule has 1 aromatic carbocycles. The predicted octanol–water partition coefficient (Wildman–Crippen LogP) is 3.91. The zero-order chi connectivity index (χ0) is 11.7. The summed E-state index contributed by atoms with van der Waals surface area (Å²) in [6, 6.07) is 8.11. The summed E-state index contributed by atoms with van der Waals surface area (Å²) >= 11 is 1.64. The van der Waals surface area contributed by atoms with E-state index in [0.29, 0.717) is 5.92 Å². The molecule has 3 heteroatoms. The first-order chi connectivity index (χ1) is 8.34. The first kappa shape index (κ1) is 11.2. The van der Waals surface area contributed by atoms with Crippen molar-refractivity contribution in [1.82, 2.24) is 4.98 Å². The molecule has 0 amide bonds. The topological polar surface area (TPSA) is 33.1 Å². The van der Waals surface area contributed by atoms with Crippen molar-refractivity contribution < 1.29 is 5.11 Å². The molecule has 1 saturated carbocycles. The van der Waals surface area contributed by atoms with Crippen molar-refractivity contribution in [2.75, 3.05) is 0 Å². The zero-order valence-corrected chi connectivity index (χ0v) is 10.6. The van der Waals surface area contributed by atoms with Crippen molar-refractivity contribution in [1.29, 1.82) is 0 Å². The van der Waals surface area contributed by atoms with Crippen molar-refractivity contribution in [3.05, 3.63) is 29.3 Å². The van der Waals surface area contributed by atoms with Gasteiger partial charge in [0.1, 0.15) is 11.1 Å². The molecule has 90 valence electrons. The largest absolute Gasteiger partial charge is 0.386 e. The van der Waals surface area contributed by atoms with E-state index in [1.54, 1.807) is 11.3 Å². The molecule has 0 bridgehead atoms. The number of thiazole rings is 1.